The van der Waals surface area contributed by atoms with Gasteiger partial charge in [0.05, 0.1) is 0 Å². The summed E-state index contributed by atoms with van der Waals surface area (Å²) in [6.07, 6.45) is 23.0. The molecule has 0 aromatic heterocycles. The average Bonchev–Trinajstić information content (AvgIpc) is 2.94. The van der Waals surface area contributed by atoms with Gasteiger partial charge in [-0.25, -0.2) is 0 Å². The Hall–Kier alpha value is -3.38. The fourth-order valence-corrected chi connectivity index (χ4v) is 4.71. The molecule has 0 bridgehead atoms. The molecule has 0 rings (SSSR count). The van der Waals surface area contributed by atoms with Crippen molar-refractivity contribution in [2.45, 2.75) is 94.9 Å². The molecule has 11 nitrogen and oxygen atoms in total. The maximum Gasteiger partial charge on any atom is 0.322 e. The topological polar surface area (TPSA) is 196 Å². The minimum atomic E-state index is -1.24. The molecule has 0 radical (unpaired) electrons. The number of thioether (sulfide) groups is 1. The monoisotopic (exact) mass is 609 g/mol. The lowest BCUT2D eigenvalue weighted by atomic mass is 10.1. The molecule has 2 amide bonds. The molecule has 0 heterocycles. The van der Waals surface area contributed by atoms with Crippen molar-refractivity contribution < 1.29 is 39.3 Å². The molecule has 0 aliphatic carbocycles. The van der Waals surface area contributed by atoms with E-state index in [9.17, 15) is 24.0 Å². The number of nitrogens with two attached hydrogens (primary N) is 1. The van der Waals surface area contributed by atoms with E-state index in [1.807, 2.05) is 36.5 Å². The number of nitrogens with one attached hydrogen (secondary N) is 2. The smallest absolute Gasteiger partial charge is 0.322 e. The number of carboxylic acid groups (broad SMARTS) is 3. The van der Waals surface area contributed by atoms with Crippen LogP contribution in [0.25, 0.3) is 0 Å². The number of hydrogen-bond acceptors (Lipinski definition) is 7. The van der Waals surface area contributed by atoms with Gasteiger partial charge in [0.15, 0.2) is 0 Å². The fourth-order valence-electron chi connectivity index (χ4n) is 3.50. The molecule has 3 atom stereocenters. The highest BCUT2D eigenvalue weighted by Crippen LogP contribution is 2.21. The first kappa shape index (κ1) is 38.6. The van der Waals surface area contributed by atoms with Crippen molar-refractivity contribution >= 4 is 41.5 Å². The standard InChI is InChI=1S/C30H47N3O8S/c1-2-3-4-5-6-7-8-9-10-11-12-13-16-23(17-14-15-18-27(35)36)42-22-25(29(39)32-21-28(37)38)33-26(34)20-19-24(31)30(40)41/h6-7,9-13,16,23-25H,2-5,8,14-15,17-22,31H2,1H3,(H,32,39)(H,33,34)(H,35,36)(H,37,38)(H,40,41)/b7-6-,10-9+,12-11+,16-13+/t23-,24+,25-/m1/s1. The summed E-state index contributed by atoms with van der Waals surface area (Å²) in [4.78, 5) is 57.7. The van der Waals surface area contributed by atoms with Crippen LogP contribution in [-0.2, 0) is 24.0 Å². The summed E-state index contributed by atoms with van der Waals surface area (Å²) >= 11 is 1.37. The van der Waals surface area contributed by atoms with Crippen molar-refractivity contribution in [3.05, 3.63) is 48.6 Å². The Bertz CT molecular complexity index is 949. The van der Waals surface area contributed by atoms with Gasteiger partial charge in [-0.15, -0.1) is 0 Å². The first-order valence-corrected chi connectivity index (χ1v) is 15.4. The number of carbonyl (C=O) groups excluding carboxylic acids is 2. The molecular formula is C30H47N3O8S. The first-order chi connectivity index (χ1) is 20.1. The summed E-state index contributed by atoms with van der Waals surface area (Å²) in [7, 11) is 0. The molecule has 42 heavy (non-hydrogen) atoms. The van der Waals surface area contributed by atoms with E-state index in [0.29, 0.717) is 19.3 Å². The number of amides is 2. The van der Waals surface area contributed by atoms with Crippen LogP contribution in [0.2, 0.25) is 0 Å². The zero-order chi connectivity index (χ0) is 31.6. The van der Waals surface area contributed by atoms with Crippen LogP contribution in [-0.4, -0.2) is 74.7 Å². The van der Waals surface area contributed by atoms with E-state index in [0.717, 1.165) is 12.8 Å². The van der Waals surface area contributed by atoms with Gasteiger partial charge in [-0.2, -0.15) is 11.8 Å². The van der Waals surface area contributed by atoms with Crippen LogP contribution in [0.1, 0.15) is 77.6 Å². The summed E-state index contributed by atoms with van der Waals surface area (Å²) in [5.74, 6) is -4.51. The molecule has 0 unspecified atom stereocenters. The maximum atomic E-state index is 12.6. The second-order valence-electron chi connectivity index (χ2n) is 9.63. The number of carbonyl (C=O) groups is 5. The SMILES string of the molecule is CCCCC/C=C\C/C=C/C=C/C=C/[C@H](CCCCC(=O)O)SC[C@@H](NC(=O)CC[C@H](N)C(=O)O)C(=O)NCC(=O)O. The van der Waals surface area contributed by atoms with E-state index in [1.54, 1.807) is 0 Å². The minimum Gasteiger partial charge on any atom is -0.481 e. The molecule has 0 saturated heterocycles. The highest BCUT2D eigenvalue weighted by atomic mass is 32.2. The van der Waals surface area contributed by atoms with Crippen LogP contribution in [0.4, 0.5) is 0 Å². The van der Waals surface area contributed by atoms with Gasteiger partial charge < -0.3 is 31.7 Å². The summed E-state index contributed by atoms with van der Waals surface area (Å²) in [6.45, 7) is 1.56. The van der Waals surface area contributed by atoms with Crippen molar-refractivity contribution in [3.8, 4) is 0 Å². The lowest BCUT2D eigenvalue weighted by Gasteiger charge is -2.20. The summed E-state index contributed by atoms with van der Waals surface area (Å²) in [5, 5.41) is 31.4. The normalized spacial score (nSPS) is 14.0. The molecule has 0 fully saturated rings. The molecule has 7 N–H and O–H groups in total. The average molecular weight is 610 g/mol. The van der Waals surface area contributed by atoms with E-state index in [1.165, 1.54) is 31.0 Å². The predicted molar refractivity (Wildman–Crippen MR) is 165 cm³/mol. The van der Waals surface area contributed by atoms with Gasteiger partial charge in [0, 0.05) is 23.8 Å². The van der Waals surface area contributed by atoms with Gasteiger partial charge in [-0.05, 0) is 38.5 Å². The number of carboxylic acids is 3. The quantitative estimate of drug-likeness (QED) is 0.0503. The van der Waals surface area contributed by atoms with Crippen LogP contribution in [0.15, 0.2) is 48.6 Å². The summed E-state index contributed by atoms with van der Waals surface area (Å²) in [5.41, 5.74) is 5.44. The molecule has 0 aromatic carbocycles. The molecular weight excluding hydrogens is 562 g/mol. The van der Waals surface area contributed by atoms with Crippen molar-refractivity contribution in [3.63, 3.8) is 0 Å². The lowest BCUT2D eigenvalue weighted by molar-refractivity contribution is -0.139. The molecule has 0 spiro atoms. The second kappa shape index (κ2) is 25.3. The molecule has 0 aliphatic rings. The Morgan fingerprint density at radius 2 is 1.57 bits per heavy atom. The van der Waals surface area contributed by atoms with E-state index in [2.05, 4.69) is 29.7 Å². The largest absolute Gasteiger partial charge is 0.481 e. The van der Waals surface area contributed by atoms with Crippen LogP contribution in [0.5, 0.6) is 0 Å². The number of aliphatic carboxylic acids is 3. The highest BCUT2D eigenvalue weighted by molar-refractivity contribution is 8.00. The highest BCUT2D eigenvalue weighted by Gasteiger charge is 2.23. The van der Waals surface area contributed by atoms with E-state index < -0.39 is 48.4 Å². The Labute approximate surface area is 252 Å². The number of rotatable bonds is 25. The Morgan fingerprint density at radius 3 is 2.24 bits per heavy atom. The second-order valence-corrected chi connectivity index (χ2v) is 10.9. The van der Waals surface area contributed by atoms with Crippen molar-refractivity contribution in [1.29, 1.82) is 0 Å². The van der Waals surface area contributed by atoms with E-state index in [-0.39, 0.29) is 30.3 Å². The zero-order valence-corrected chi connectivity index (χ0v) is 25.2. The number of hydrogen-bond donors (Lipinski definition) is 6. The van der Waals surface area contributed by atoms with Gasteiger partial charge in [0.2, 0.25) is 11.8 Å². The third-order valence-corrected chi connectivity index (χ3v) is 7.23. The van der Waals surface area contributed by atoms with Crippen LogP contribution >= 0.6 is 11.8 Å². The van der Waals surface area contributed by atoms with Crippen LogP contribution in [0.3, 0.4) is 0 Å². The fraction of sp³-hybridized carbons (Fsp3) is 0.567. The van der Waals surface area contributed by atoms with Crippen molar-refractivity contribution in [1.82, 2.24) is 10.6 Å². The molecule has 0 aromatic rings. The zero-order valence-electron chi connectivity index (χ0n) is 24.4. The van der Waals surface area contributed by atoms with Gasteiger partial charge in [0.1, 0.15) is 18.6 Å². The van der Waals surface area contributed by atoms with Crippen molar-refractivity contribution in [2.24, 2.45) is 5.73 Å². The van der Waals surface area contributed by atoms with Crippen LogP contribution in [0, 0.1) is 0 Å². The Balaban J connectivity index is 5.20. The Kier molecular flexibility index (Phi) is 23.3. The summed E-state index contributed by atoms with van der Waals surface area (Å²) in [6, 6.07) is -2.29. The third-order valence-electron chi connectivity index (χ3n) is 5.88. The summed E-state index contributed by atoms with van der Waals surface area (Å²) < 4.78 is 0. The van der Waals surface area contributed by atoms with E-state index in [4.69, 9.17) is 21.1 Å². The first-order valence-electron chi connectivity index (χ1n) is 14.3. The lowest BCUT2D eigenvalue weighted by Crippen LogP contribution is -2.49. The van der Waals surface area contributed by atoms with Crippen molar-refractivity contribution in [2.75, 3.05) is 12.3 Å². The number of allylic oxidation sites excluding steroid dienone is 7. The van der Waals surface area contributed by atoms with Crippen LogP contribution < -0.4 is 16.4 Å². The third kappa shape index (κ3) is 23.3. The number of unbranched alkanes of at least 4 members (excludes halogenated alkanes) is 4. The maximum absolute atomic E-state index is 12.6. The van der Waals surface area contributed by atoms with E-state index >= 15 is 0 Å². The molecule has 0 aliphatic heterocycles. The molecule has 0 saturated carbocycles. The minimum absolute atomic E-state index is 0.0492. The van der Waals surface area contributed by atoms with Gasteiger partial charge in [0.25, 0.3) is 0 Å². The van der Waals surface area contributed by atoms with Gasteiger partial charge >= 0.3 is 17.9 Å². The molecule has 236 valence electrons. The predicted octanol–water partition coefficient (Wildman–Crippen LogP) is 3.81. The molecule has 12 heteroatoms. The Morgan fingerprint density at radius 1 is 0.833 bits per heavy atom. The van der Waals surface area contributed by atoms with Gasteiger partial charge in [-0.3, -0.25) is 24.0 Å². The van der Waals surface area contributed by atoms with Gasteiger partial charge in [-0.1, -0.05) is 74.8 Å².